The van der Waals surface area contributed by atoms with Crippen molar-refractivity contribution >= 4 is 17.3 Å². The Kier molecular flexibility index (Phi) is 6.06. The van der Waals surface area contributed by atoms with Crippen LogP contribution in [0.4, 0.5) is 5.69 Å². The van der Waals surface area contributed by atoms with E-state index < -0.39 is 0 Å². The first-order valence-electron chi connectivity index (χ1n) is 10.5. The fraction of sp³-hybridized carbons (Fsp3) is 0.435. The molecule has 1 saturated heterocycles. The van der Waals surface area contributed by atoms with E-state index in [1.807, 2.05) is 16.8 Å². The largest absolute Gasteiger partial charge is 0.369 e. The Balaban J connectivity index is 1.62. The maximum absolute atomic E-state index is 6.16. The highest BCUT2D eigenvalue weighted by Crippen LogP contribution is 2.31. The number of hydrogen-bond acceptors (Lipinski definition) is 5. The number of piperazine rings is 1. The Morgan fingerprint density at radius 3 is 2.30 bits per heavy atom. The van der Waals surface area contributed by atoms with E-state index in [0.29, 0.717) is 0 Å². The highest BCUT2D eigenvalue weighted by Gasteiger charge is 2.31. The number of nitrogens with zero attached hydrogens (tertiary/aromatic N) is 6. The number of halogens is 1. The van der Waals surface area contributed by atoms with Gasteiger partial charge < -0.3 is 4.90 Å². The van der Waals surface area contributed by atoms with Gasteiger partial charge in [-0.15, -0.1) is 5.10 Å². The van der Waals surface area contributed by atoms with Gasteiger partial charge in [0.25, 0.3) is 0 Å². The maximum atomic E-state index is 6.16. The minimum atomic E-state index is 0.000392. The van der Waals surface area contributed by atoms with Crippen LogP contribution in [0.25, 0.3) is 0 Å². The molecule has 0 spiro atoms. The fourth-order valence-electron chi connectivity index (χ4n) is 4.22. The van der Waals surface area contributed by atoms with Gasteiger partial charge in [0.2, 0.25) is 0 Å². The van der Waals surface area contributed by atoms with Crippen LogP contribution in [0.1, 0.15) is 48.4 Å². The molecule has 1 atom stereocenters. The van der Waals surface area contributed by atoms with Crippen molar-refractivity contribution in [3.63, 3.8) is 0 Å². The van der Waals surface area contributed by atoms with Gasteiger partial charge in [-0.25, -0.2) is 4.68 Å². The summed E-state index contributed by atoms with van der Waals surface area (Å²) in [6.07, 6.45) is 0. The van der Waals surface area contributed by atoms with E-state index in [-0.39, 0.29) is 12.1 Å². The van der Waals surface area contributed by atoms with Gasteiger partial charge in [-0.3, -0.25) is 4.90 Å². The summed E-state index contributed by atoms with van der Waals surface area (Å²) in [4.78, 5) is 4.97. The van der Waals surface area contributed by atoms with Crippen molar-refractivity contribution < 1.29 is 0 Å². The third-order valence-corrected chi connectivity index (χ3v) is 6.29. The Morgan fingerprint density at radius 1 is 0.933 bits per heavy atom. The van der Waals surface area contributed by atoms with Crippen molar-refractivity contribution in [2.75, 3.05) is 31.1 Å². The summed E-state index contributed by atoms with van der Waals surface area (Å²) in [6, 6.07) is 14.8. The molecule has 7 heteroatoms. The Hall–Kier alpha value is -2.44. The minimum absolute atomic E-state index is 0.000392. The molecule has 1 aliphatic rings. The Bertz CT molecular complexity index is 989. The molecule has 2 aromatic carbocycles. The zero-order chi connectivity index (χ0) is 21.3. The molecule has 0 N–H and O–H groups in total. The average molecular weight is 425 g/mol. The molecule has 0 aliphatic carbocycles. The van der Waals surface area contributed by atoms with Crippen molar-refractivity contribution in [1.29, 1.82) is 0 Å². The number of aromatic nitrogens is 4. The Labute approximate surface area is 183 Å². The van der Waals surface area contributed by atoms with Crippen molar-refractivity contribution in [2.45, 2.75) is 39.8 Å². The lowest BCUT2D eigenvalue weighted by Gasteiger charge is -2.40. The van der Waals surface area contributed by atoms with Gasteiger partial charge in [0.05, 0.1) is 12.1 Å². The maximum Gasteiger partial charge on any atom is 0.173 e. The molecule has 0 bridgehead atoms. The monoisotopic (exact) mass is 424 g/mol. The molecule has 30 heavy (non-hydrogen) atoms. The molecule has 1 aliphatic heterocycles. The second kappa shape index (κ2) is 8.74. The SMILES string of the molecule is Cc1cccc(N2CCN([C@H](c3ccc(Cl)cc3)c3nnnn3C(C)C)CC2)c1C. The van der Waals surface area contributed by atoms with Gasteiger partial charge in [-0.1, -0.05) is 35.9 Å². The second-order valence-electron chi connectivity index (χ2n) is 8.27. The highest BCUT2D eigenvalue weighted by molar-refractivity contribution is 6.30. The van der Waals surface area contributed by atoms with Crippen molar-refractivity contribution in [3.05, 3.63) is 70.0 Å². The van der Waals surface area contributed by atoms with Gasteiger partial charge in [-0.05, 0) is 73.0 Å². The molecule has 0 saturated carbocycles. The van der Waals surface area contributed by atoms with Crippen LogP contribution in [0, 0.1) is 13.8 Å². The number of anilines is 1. The predicted octanol–water partition coefficient (Wildman–Crippen LogP) is 4.44. The van der Waals surface area contributed by atoms with Crippen LogP contribution in [0.15, 0.2) is 42.5 Å². The van der Waals surface area contributed by atoms with Gasteiger partial charge in [0.1, 0.15) is 0 Å². The number of rotatable bonds is 5. The van der Waals surface area contributed by atoms with E-state index in [9.17, 15) is 0 Å². The van der Waals surface area contributed by atoms with Crippen molar-refractivity contribution in [2.24, 2.45) is 0 Å². The van der Waals surface area contributed by atoms with E-state index in [1.54, 1.807) is 0 Å². The molecule has 1 aromatic heterocycles. The Morgan fingerprint density at radius 2 is 1.63 bits per heavy atom. The molecule has 3 aromatic rings. The zero-order valence-electron chi connectivity index (χ0n) is 18.1. The normalized spacial score (nSPS) is 16.3. The van der Waals surface area contributed by atoms with Gasteiger partial charge in [0, 0.05) is 36.9 Å². The molecule has 1 fully saturated rings. The summed E-state index contributed by atoms with van der Waals surface area (Å²) < 4.78 is 1.93. The number of benzene rings is 2. The summed E-state index contributed by atoms with van der Waals surface area (Å²) in [5, 5.41) is 13.4. The van der Waals surface area contributed by atoms with Crippen LogP contribution in [-0.2, 0) is 0 Å². The second-order valence-corrected chi connectivity index (χ2v) is 8.71. The van der Waals surface area contributed by atoms with Crippen LogP contribution in [0.3, 0.4) is 0 Å². The number of tetrazole rings is 1. The van der Waals surface area contributed by atoms with E-state index in [0.717, 1.165) is 42.6 Å². The summed E-state index contributed by atoms with van der Waals surface area (Å²) >= 11 is 6.16. The molecule has 4 rings (SSSR count). The third kappa shape index (κ3) is 4.07. The predicted molar refractivity (Wildman–Crippen MR) is 121 cm³/mol. The number of hydrogen-bond donors (Lipinski definition) is 0. The van der Waals surface area contributed by atoms with Gasteiger partial charge in [0.15, 0.2) is 5.82 Å². The molecule has 158 valence electrons. The third-order valence-electron chi connectivity index (χ3n) is 6.03. The van der Waals surface area contributed by atoms with Crippen molar-refractivity contribution in [1.82, 2.24) is 25.1 Å². The van der Waals surface area contributed by atoms with Gasteiger partial charge in [-0.2, -0.15) is 0 Å². The van der Waals surface area contributed by atoms with Crippen LogP contribution < -0.4 is 4.90 Å². The van der Waals surface area contributed by atoms with Crippen LogP contribution >= 0.6 is 11.6 Å². The molecule has 0 unspecified atom stereocenters. The average Bonchev–Trinajstić information content (AvgIpc) is 3.22. The van der Waals surface area contributed by atoms with Crippen LogP contribution in [-0.4, -0.2) is 51.3 Å². The highest BCUT2D eigenvalue weighted by atomic mass is 35.5. The first-order chi connectivity index (χ1) is 14.5. The van der Waals surface area contributed by atoms with E-state index >= 15 is 0 Å². The summed E-state index contributed by atoms with van der Waals surface area (Å²) in [5.41, 5.74) is 5.20. The molecule has 0 amide bonds. The standard InChI is InChI=1S/C23H29ClN6/c1-16(2)30-23(25-26-27-30)22(19-8-10-20(24)11-9-19)29-14-12-28(13-15-29)21-7-5-6-17(3)18(21)4/h5-11,16,22H,12-15H2,1-4H3/t22-/m1/s1. The number of aryl methyl sites for hydroxylation is 1. The van der Waals surface area contributed by atoms with E-state index in [4.69, 9.17) is 11.6 Å². The van der Waals surface area contributed by atoms with Crippen molar-refractivity contribution in [3.8, 4) is 0 Å². The molecule has 2 heterocycles. The molecular weight excluding hydrogens is 396 g/mol. The molecule has 6 nitrogen and oxygen atoms in total. The topological polar surface area (TPSA) is 50.1 Å². The van der Waals surface area contributed by atoms with E-state index in [2.05, 4.69) is 83.4 Å². The summed E-state index contributed by atoms with van der Waals surface area (Å²) in [6.45, 7) is 12.4. The van der Waals surface area contributed by atoms with Crippen LogP contribution in [0.2, 0.25) is 5.02 Å². The van der Waals surface area contributed by atoms with Gasteiger partial charge >= 0.3 is 0 Å². The first kappa shape index (κ1) is 20.8. The van der Waals surface area contributed by atoms with Crippen LogP contribution in [0.5, 0.6) is 0 Å². The lowest BCUT2D eigenvalue weighted by Crippen LogP contribution is -2.48. The quantitative estimate of drug-likeness (QED) is 0.606. The summed E-state index contributed by atoms with van der Waals surface area (Å²) in [5.74, 6) is 0.882. The first-order valence-corrected chi connectivity index (χ1v) is 10.9. The summed E-state index contributed by atoms with van der Waals surface area (Å²) in [7, 11) is 0. The zero-order valence-corrected chi connectivity index (χ0v) is 18.8. The molecular formula is C23H29ClN6. The lowest BCUT2D eigenvalue weighted by atomic mass is 10.0. The smallest absolute Gasteiger partial charge is 0.173 e. The van der Waals surface area contributed by atoms with E-state index in [1.165, 1.54) is 16.8 Å². The lowest BCUT2D eigenvalue weighted by molar-refractivity contribution is 0.199. The molecule has 0 radical (unpaired) electrons. The fourth-order valence-corrected chi connectivity index (χ4v) is 4.34. The minimum Gasteiger partial charge on any atom is -0.369 e.